The first-order valence-corrected chi connectivity index (χ1v) is 7.30. The van der Waals surface area contributed by atoms with Gasteiger partial charge in [0.25, 0.3) is 0 Å². The summed E-state index contributed by atoms with van der Waals surface area (Å²) >= 11 is 8.26. The minimum absolute atomic E-state index is 0.120. The number of carboxylic acid groups (broad SMARTS) is 1. The summed E-state index contributed by atoms with van der Waals surface area (Å²) in [5, 5.41) is 13.5. The Hall–Kier alpha value is -1.25. The molecule has 2 aromatic rings. The predicted octanol–water partition coefficient (Wildman–Crippen LogP) is 2.59. The number of aryl methyl sites for hydroxylation is 2. The number of nitrogens with zero attached hydrogens (tertiary/aromatic N) is 4. The lowest BCUT2D eigenvalue weighted by molar-refractivity contribution is 0.0690. The highest BCUT2D eigenvalue weighted by Gasteiger charge is 2.18. The van der Waals surface area contributed by atoms with E-state index < -0.39 is 5.97 Å². The van der Waals surface area contributed by atoms with Crippen molar-refractivity contribution in [3.63, 3.8) is 0 Å². The molecule has 0 atom stereocenters. The first-order chi connectivity index (χ1) is 8.99. The zero-order valence-corrected chi connectivity index (χ0v) is 12.4. The fourth-order valence-electron chi connectivity index (χ4n) is 1.45. The second-order valence-electron chi connectivity index (χ2n) is 3.62. The van der Waals surface area contributed by atoms with Gasteiger partial charge in [0.05, 0.1) is 5.69 Å². The maximum absolute atomic E-state index is 11.2. The van der Waals surface area contributed by atoms with Crippen molar-refractivity contribution in [2.75, 3.05) is 0 Å². The molecule has 2 aromatic heterocycles. The Kier molecular flexibility index (Phi) is 4.33. The molecule has 0 amide bonds. The van der Waals surface area contributed by atoms with E-state index in [4.69, 9.17) is 11.6 Å². The molecule has 0 saturated carbocycles. The van der Waals surface area contributed by atoms with Gasteiger partial charge in [0, 0.05) is 17.3 Å². The molecule has 9 heteroatoms. The van der Waals surface area contributed by atoms with Crippen LogP contribution in [0.4, 0.5) is 0 Å². The van der Waals surface area contributed by atoms with E-state index in [1.165, 1.54) is 11.8 Å². The molecule has 6 nitrogen and oxygen atoms in total. The largest absolute Gasteiger partial charge is 0.478 e. The highest BCUT2D eigenvalue weighted by atomic mass is 35.5. The first-order valence-electron chi connectivity index (χ1n) is 5.17. The van der Waals surface area contributed by atoms with E-state index in [-0.39, 0.29) is 5.56 Å². The van der Waals surface area contributed by atoms with Crippen molar-refractivity contribution in [3.05, 3.63) is 27.1 Å². The Bertz CT molecular complexity index is 632. The van der Waals surface area contributed by atoms with Crippen LogP contribution in [0.1, 0.15) is 27.6 Å². The zero-order valence-electron chi connectivity index (χ0n) is 10.0. The van der Waals surface area contributed by atoms with Crippen molar-refractivity contribution in [1.29, 1.82) is 0 Å². The molecule has 0 aliphatic rings. The highest BCUT2D eigenvalue weighted by molar-refractivity contribution is 7.98. The van der Waals surface area contributed by atoms with Gasteiger partial charge in [-0.1, -0.05) is 27.9 Å². The monoisotopic (exact) mass is 316 g/mol. The van der Waals surface area contributed by atoms with Crippen molar-refractivity contribution in [2.45, 2.75) is 24.6 Å². The SMILES string of the molecule is Cc1nc(C)c(C(=O)O)c(SCc2nnsc2Cl)n1. The van der Waals surface area contributed by atoms with Gasteiger partial charge in [0.15, 0.2) is 0 Å². The van der Waals surface area contributed by atoms with Gasteiger partial charge >= 0.3 is 5.97 Å². The van der Waals surface area contributed by atoms with E-state index in [2.05, 4.69) is 19.6 Å². The summed E-state index contributed by atoms with van der Waals surface area (Å²) in [6.07, 6.45) is 0. The normalized spacial score (nSPS) is 10.7. The van der Waals surface area contributed by atoms with Crippen LogP contribution in [-0.4, -0.2) is 30.6 Å². The van der Waals surface area contributed by atoms with Crippen LogP contribution < -0.4 is 0 Å². The summed E-state index contributed by atoms with van der Waals surface area (Å²) in [4.78, 5) is 19.5. The third-order valence-corrected chi connectivity index (χ3v) is 4.21. The number of hydrogen-bond donors (Lipinski definition) is 1. The van der Waals surface area contributed by atoms with Gasteiger partial charge < -0.3 is 5.11 Å². The molecule has 19 heavy (non-hydrogen) atoms. The molecule has 2 rings (SSSR count). The Morgan fingerprint density at radius 2 is 2.16 bits per heavy atom. The first kappa shape index (κ1) is 14.2. The number of carbonyl (C=O) groups is 1. The number of carboxylic acids is 1. The minimum atomic E-state index is -1.04. The topological polar surface area (TPSA) is 88.9 Å². The predicted molar refractivity (Wildman–Crippen MR) is 72.9 cm³/mol. The molecule has 0 aliphatic heterocycles. The molecule has 0 aliphatic carbocycles. The number of rotatable bonds is 4. The van der Waals surface area contributed by atoms with Crippen molar-refractivity contribution < 1.29 is 9.90 Å². The van der Waals surface area contributed by atoms with Gasteiger partial charge in [-0.2, -0.15) is 0 Å². The van der Waals surface area contributed by atoms with E-state index in [1.54, 1.807) is 13.8 Å². The highest BCUT2D eigenvalue weighted by Crippen LogP contribution is 2.29. The second-order valence-corrected chi connectivity index (χ2v) is 5.94. The number of halogens is 1. The van der Waals surface area contributed by atoms with Gasteiger partial charge in [0.1, 0.15) is 26.4 Å². The third-order valence-electron chi connectivity index (χ3n) is 2.24. The lowest BCUT2D eigenvalue weighted by atomic mass is 10.2. The maximum atomic E-state index is 11.2. The van der Waals surface area contributed by atoms with Crippen LogP contribution in [0.5, 0.6) is 0 Å². The van der Waals surface area contributed by atoms with Crippen LogP contribution in [0.3, 0.4) is 0 Å². The minimum Gasteiger partial charge on any atom is -0.478 e. The molecule has 0 radical (unpaired) electrons. The van der Waals surface area contributed by atoms with Crippen LogP contribution in [0, 0.1) is 13.8 Å². The molecule has 0 bridgehead atoms. The Labute approximate surface area is 122 Å². The number of hydrogen-bond acceptors (Lipinski definition) is 7. The zero-order chi connectivity index (χ0) is 14.0. The Morgan fingerprint density at radius 1 is 1.42 bits per heavy atom. The smallest absolute Gasteiger partial charge is 0.340 e. The van der Waals surface area contributed by atoms with E-state index in [0.29, 0.717) is 32.3 Å². The molecule has 100 valence electrons. The lowest BCUT2D eigenvalue weighted by Crippen LogP contribution is -2.08. The van der Waals surface area contributed by atoms with Crippen molar-refractivity contribution in [1.82, 2.24) is 19.6 Å². The maximum Gasteiger partial charge on any atom is 0.340 e. The standard InChI is InChI=1S/C10H9ClN4O2S2/c1-4-7(10(16)17)9(13-5(2)12-4)18-3-6-8(11)19-15-14-6/h3H2,1-2H3,(H,16,17). The number of thioether (sulfide) groups is 1. The molecular weight excluding hydrogens is 308 g/mol. The summed E-state index contributed by atoms with van der Waals surface area (Å²) in [5.41, 5.74) is 1.20. The number of aromatic carboxylic acids is 1. The summed E-state index contributed by atoms with van der Waals surface area (Å²) in [6, 6.07) is 0. The van der Waals surface area contributed by atoms with Gasteiger partial charge in [-0.3, -0.25) is 0 Å². The van der Waals surface area contributed by atoms with E-state index in [9.17, 15) is 9.90 Å². The van der Waals surface area contributed by atoms with Crippen LogP contribution in [0.2, 0.25) is 4.34 Å². The molecule has 2 heterocycles. The molecule has 0 unspecified atom stereocenters. The number of aromatic nitrogens is 4. The van der Waals surface area contributed by atoms with Gasteiger partial charge in [-0.05, 0) is 13.8 Å². The Morgan fingerprint density at radius 3 is 2.74 bits per heavy atom. The average molecular weight is 317 g/mol. The van der Waals surface area contributed by atoms with Crippen molar-refractivity contribution in [3.8, 4) is 0 Å². The van der Waals surface area contributed by atoms with E-state index in [1.807, 2.05) is 0 Å². The average Bonchev–Trinajstić information content (AvgIpc) is 2.70. The molecule has 0 saturated heterocycles. The third kappa shape index (κ3) is 3.20. The van der Waals surface area contributed by atoms with Crippen LogP contribution in [0.25, 0.3) is 0 Å². The van der Waals surface area contributed by atoms with E-state index >= 15 is 0 Å². The molecule has 0 spiro atoms. The quantitative estimate of drug-likeness (QED) is 0.685. The van der Waals surface area contributed by atoms with Crippen molar-refractivity contribution >= 4 is 40.9 Å². The summed E-state index contributed by atoms with van der Waals surface area (Å²) in [5.74, 6) is -0.0825. The van der Waals surface area contributed by atoms with Crippen molar-refractivity contribution in [2.24, 2.45) is 0 Å². The molecule has 0 aromatic carbocycles. The van der Waals surface area contributed by atoms with Crippen LogP contribution >= 0.6 is 34.9 Å². The van der Waals surface area contributed by atoms with Crippen LogP contribution in [0.15, 0.2) is 5.03 Å². The summed E-state index contributed by atoms with van der Waals surface area (Å²) < 4.78 is 4.23. The summed E-state index contributed by atoms with van der Waals surface area (Å²) in [7, 11) is 0. The molecule has 0 fully saturated rings. The fourth-order valence-corrected chi connectivity index (χ4v) is 3.30. The molecule has 1 N–H and O–H groups in total. The van der Waals surface area contributed by atoms with Crippen LogP contribution in [-0.2, 0) is 5.75 Å². The van der Waals surface area contributed by atoms with Gasteiger partial charge in [-0.25, -0.2) is 14.8 Å². The lowest BCUT2D eigenvalue weighted by Gasteiger charge is -2.07. The van der Waals surface area contributed by atoms with Gasteiger partial charge in [0.2, 0.25) is 0 Å². The molecular formula is C10H9ClN4O2S2. The Balaban J connectivity index is 2.29. The second kappa shape index (κ2) is 5.81. The van der Waals surface area contributed by atoms with E-state index in [0.717, 1.165) is 11.5 Å². The summed E-state index contributed by atoms with van der Waals surface area (Å²) in [6.45, 7) is 3.37. The van der Waals surface area contributed by atoms with Gasteiger partial charge in [-0.15, -0.1) is 5.10 Å². The fraction of sp³-hybridized carbons (Fsp3) is 0.300.